The van der Waals surface area contributed by atoms with E-state index in [0.29, 0.717) is 0 Å². The maximum atomic E-state index is 11.1. The van der Waals surface area contributed by atoms with Crippen molar-refractivity contribution in [2.75, 3.05) is 18.0 Å². The number of rotatable bonds is 2. The molecule has 0 aliphatic carbocycles. The Labute approximate surface area is 107 Å². The summed E-state index contributed by atoms with van der Waals surface area (Å²) in [4.78, 5) is 2.28. The average molecular weight is 265 g/mol. The molecular formula is C12H15N3O2S. The second-order valence-electron chi connectivity index (χ2n) is 4.43. The van der Waals surface area contributed by atoms with Crippen LogP contribution < -0.4 is 10.0 Å². The van der Waals surface area contributed by atoms with Crippen molar-refractivity contribution >= 4 is 15.7 Å². The Morgan fingerprint density at radius 3 is 2.22 bits per heavy atom. The van der Waals surface area contributed by atoms with Crippen LogP contribution in [-0.4, -0.2) is 21.5 Å². The van der Waals surface area contributed by atoms with Crippen molar-refractivity contribution in [1.82, 2.24) is 0 Å². The van der Waals surface area contributed by atoms with Crippen LogP contribution in [0, 0.1) is 17.2 Å². The second kappa shape index (κ2) is 4.96. The number of piperidine rings is 1. The van der Waals surface area contributed by atoms with E-state index in [-0.39, 0.29) is 10.8 Å². The summed E-state index contributed by atoms with van der Waals surface area (Å²) >= 11 is 0. The Hall–Kier alpha value is -1.58. The summed E-state index contributed by atoms with van der Waals surface area (Å²) in [5, 5.41) is 13.9. The fraction of sp³-hybridized carbons (Fsp3) is 0.417. The smallest absolute Gasteiger partial charge is 0.238 e. The second-order valence-corrected chi connectivity index (χ2v) is 5.99. The molecule has 1 aromatic carbocycles. The van der Waals surface area contributed by atoms with Crippen LogP contribution in [0.25, 0.3) is 0 Å². The summed E-state index contributed by atoms with van der Waals surface area (Å²) in [7, 11) is -3.62. The predicted molar refractivity (Wildman–Crippen MR) is 68.4 cm³/mol. The molecule has 5 nitrogen and oxygen atoms in total. The molecule has 96 valence electrons. The number of anilines is 1. The van der Waals surface area contributed by atoms with Crippen LogP contribution >= 0.6 is 0 Å². The Morgan fingerprint density at radius 1 is 1.22 bits per heavy atom. The van der Waals surface area contributed by atoms with Crippen molar-refractivity contribution in [3.8, 4) is 6.07 Å². The number of nitrogens with zero attached hydrogens (tertiary/aromatic N) is 2. The van der Waals surface area contributed by atoms with E-state index in [9.17, 15) is 8.42 Å². The van der Waals surface area contributed by atoms with Crippen molar-refractivity contribution < 1.29 is 8.42 Å². The summed E-state index contributed by atoms with van der Waals surface area (Å²) in [6, 6.07) is 8.83. The maximum Gasteiger partial charge on any atom is 0.238 e. The lowest BCUT2D eigenvalue weighted by atomic mass is 9.98. The highest BCUT2D eigenvalue weighted by Crippen LogP contribution is 2.23. The zero-order valence-corrected chi connectivity index (χ0v) is 10.7. The van der Waals surface area contributed by atoms with E-state index in [1.165, 1.54) is 12.1 Å². The van der Waals surface area contributed by atoms with Gasteiger partial charge in [-0.2, -0.15) is 5.26 Å². The minimum Gasteiger partial charge on any atom is -0.371 e. The minimum atomic E-state index is -3.62. The molecule has 0 radical (unpaired) electrons. The minimum absolute atomic E-state index is 0.123. The molecule has 2 N–H and O–H groups in total. The van der Waals surface area contributed by atoms with Gasteiger partial charge < -0.3 is 4.90 Å². The van der Waals surface area contributed by atoms with E-state index in [4.69, 9.17) is 10.4 Å². The normalized spacial score (nSPS) is 17.4. The standard InChI is InChI=1S/C12H15N3O2S/c13-9-10-5-7-15(8-6-10)11-1-3-12(4-2-11)18(14,16)17/h1-4,10H,5-8H2,(H2,14,16,17). The van der Waals surface area contributed by atoms with Gasteiger partial charge in [0.05, 0.1) is 11.0 Å². The summed E-state index contributed by atoms with van der Waals surface area (Å²) in [5.41, 5.74) is 0.971. The van der Waals surface area contributed by atoms with Crippen molar-refractivity contribution in [3.63, 3.8) is 0 Å². The third-order valence-corrected chi connectivity index (χ3v) is 4.14. The molecule has 0 aromatic heterocycles. The van der Waals surface area contributed by atoms with Crippen LogP contribution in [-0.2, 0) is 10.0 Å². The zero-order chi connectivity index (χ0) is 13.2. The first-order chi connectivity index (χ1) is 8.50. The van der Waals surface area contributed by atoms with Crippen LogP contribution in [0.5, 0.6) is 0 Å². The predicted octanol–water partition coefficient (Wildman–Crippen LogP) is 1.07. The van der Waals surface area contributed by atoms with Crippen LogP contribution in [0.2, 0.25) is 0 Å². The van der Waals surface area contributed by atoms with Gasteiger partial charge in [0, 0.05) is 24.7 Å². The molecule has 0 amide bonds. The van der Waals surface area contributed by atoms with E-state index in [1.807, 2.05) is 0 Å². The maximum absolute atomic E-state index is 11.1. The number of hydrogen-bond donors (Lipinski definition) is 1. The highest BCUT2D eigenvalue weighted by Gasteiger charge is 2.19. The molecule has 0 unspecified atom stereocenters. The van der Waals surface area contributed by atoms with Crippen molar-refractivity contribution in [2.45, 2.75) is 17.7 Å². The van der Waals surface area contributed by atoms with Gasteiger partial charge in [0.25, 0.3) is 0 Å². The first-order valence-corrected chi connectivity index (χ1v) is 7.33. The lowest BCUT2D eigenvalue weighted by Crippen LogP contribution is -2.33. The number of sulfonamides is 1. The summed E-state index contributed by atoms with van der Waals surface area (Å²) in [6.07, 6.45) is 1.71. The molecule has 1 saturated heterocycles. The van der Waals surface area contributed by atoms with Gasteiger partial charge in [-0.15, -0.1) is 0 Å². The topological polar surface area (TPSA) is 87.2 Å². The van der Waals surface area contributed by atoms with Crippen molar-refractivity contribution in [2.24, 2.45) is 11.1 Å². The number of nitrogens with two attached hydrogens (primary N) is 1. The van der Waals surface area contributed by atoms with E-state index in [0.717, 1.165) is 31.6 Å². The van der Waals surface area contributed by atoms with Crippen LogP contribution in [0.4, 0.5) is 5.69 Å². The summed E-state index contributed by atoms with van der Waals surface area (Å²) < 4.78 is 22.3. The van der Waals surface area contributed by atoms with Crippen LogP contribution in [0.15, 0.2) is 29.2 Å². The van der Waals surface area contributed by atoms with Gasteiger partial charge in [-0.05, 0) is 37.1 Å². The quantitative estimate of drug-likeness (QED) is 0.866. The number of nitriles is 1. The first kappa shape index (κ1) is 12.9. The van der Waals surface area contributed by atoms with Crippen LogP contribution in [0.1, 0.15) is 12.8 Å². The first-order valence-electron chi connectivity index (χ1n) is 5.78. The summed E-state index contributed by atoms with van der Waals surface area (Å²) in [5.74, 6) is 0.143. The van der Waals surface area contributed by atoms with Gasteiger partial charge in [-0.3, -0.25) is 0 Å². The Morgan fingerprint density at radius 2 is 1.78 bits per heavy atom. The molecule has 1 aromatic rings. The molecule has 6 heteroatoms. The molecule has 0 bridgehead atoms. The third-order valence-electron chi connectivity index (χ3n) is 3.21. The Balaban J connectivity index is 2.10. The number of hydrogen-bond acceptors (Lipinski definition) is 4. The highest BCUT2D eigenvalue weighted by atomic mass is 32.2. The fourth-order valence-corrected chi connectivity index (χ4v) is 2.63. The van der Waals surface area contributed by atoms with Gasteiger partial charge in [0.15, 0.2) is 0 Å². The lowest BCUT2D eigenvalue weighted by molar-refractivity contribution is 0.488. The van der Waals surface area contributed by atoms with Crippen molar-refractivity contribution in [3.05, 3.63) is 24.3 Å². The van der Waals surface area contributed by atoms with E-state index >= 15 is 0 Å². The zero-order valence-electron chi connectivity index (χ0n) is 9.91. The van der Waals surface area contributed by atoms with Gasteiger partial charge in [-0.1, -0.05) is 0 Å². The van der Waals surface area contributed by atoms with Gasteiger partial charge in [0.2, 0.25) is 10.0 Å². The molecular weight excluding hydrogens is 250 g/mol. The molecule has 18 heavy (non-hydrogen) atoms. The van der Waals surface area contributed by atoms with E-state index < -0.39 is 10.0 Å². The molecule has 1 heterocycles. The van der Waals surface area contributed by atoms with Crippen LogP contribution in [0.3, 0.4) is 0 Å². The molecule has 1 aliphatic rings. The van der Waals surface area contributed by atoms with Gasteiger partial charge in [-0.25, -0.2) is 13.6 Å². The third kappa shape index (κ3) is 2.81. The highest BCUT2D eigenvalue weighted by molar-refractivity contribution is 7.89. The van der Waals surface area contributed by atoms with Crippen molar-refractivity contribution in [1.29, 1.82) is 5.26 Å². The van der Waals surface area contributed by atoms with Gasteiger partial charge >= 0.3 is 0 Å². The Bertz CT molecular complexity index is 552. The molecule has 0 saturated carbocycles. The monoisotopic (exact) mass is 265 g/mol. The lowest BCUT2D eigenvalue weighted by Gasteiger charge is -2.31. The largest absolute Gasteiger partial charge is 0.371 e. The number of primary sulfonamides is 1. The molecule has 2 rings (SSSR count). The van der Waals surface area contributed by atoms with Gasteiger partial charge in [0.1, 0.15) is 0 Å². The average Bonchev–Trinajstić information content (AvgIpc) is 2.38. The molecule has 0 atom stereocenters. The molecule has 1 fully saturated rings. The fourth-order valence-electron chi connectivity index (χ4n) is 2.11. The van der Waals surface area contributed by atoms with E-state index in [2.05, 4.69) is 11.0 Å². The molecule has 0 spiro atoms. The summed E-state index contributed by atoms with van der Waals surface area (Å²) in [6.45, 7) is 1.65. The molecule has 1 aliphatic heterocycles. The SMILES string of the molecule is N#CC1CCN(c2ccc(S(N)(=O)=O)cc2)CC1. The number of benzene rings is 1. The Kier molecular flexibility index (Phi) is 3.55. The van der Waals surface area contributed by atoms with E-state index in [1.54, 1.807) is 12.1 Å².